The zero-order chi connectivity index (χ0) is 40.6. The van der Waals surface area contributed by atoms with Gasteiger partial charge in [0.25, 0.3) is 0 Å². The Hall–Kier alpha value is 1.76. The topological polar surface area (TPSA) is 223 Å². The first-order chi connectivity index (χ1) is 24.5. The minimum Gasteiger partial charge on any atom is -0.302 e. The van der Waals surface area contributed by atoms with Crippen LogP contribution in [-0.4, -0.2) is 72.4 Å². The molecule has 0 amide bonds. The van der Waals surface area contributed by atoms with Gasteiger partial charge in [-0.2, -0.15) is 0 Å². The molecule has 0 fully saturated rings. The number of phosphoric acid groups is 4. The van der Waals surface area contributed by atoms with Crippen molar-refractivity contribution in [2.45, 2.75) is 158 Å². The van der Waals surface area contributed by atoms with E-state index >= 15 is 0 Å². The monoisotopic (exact) mass is 1070 g/mol. The summed E-state index contributed by atoms with van der Waals surface area (Å²) in [6, 6.07) is 0. The number of rotatable bonds is 32. The van der Waals surface area contributed by atoms with Gasteiger partial charge in [-0.25, -0.2) is 18.3 Å². The van der Waals surface area contributed by atoms with Crippen molar-refractivity contribution in [2.75, 3.05) is 52.9 Å². The second-order valence-corrected chi connectivity index (χ2v) is 17.2. The third-order valence-electron chi connectivity index (χ3n) is 6.02. The molecule has 0 radical (unpaired) electrons. The first kappa shape index (κ1) is 63.9. The average molecular weight is 1070 g/mol. The molecule has 0 unspecified atom stereocenters. The Kier molecular flexibility index (Phi) is 54.1. The minimum absolute atomic E-state index is 0. The van der Waals surface area contributed by atoms with Gasteiger partial charge in [0, 0.05) is 39.9 Å². The average Bonchev–Trinajstić information content (AvgIpc) is 3.06. The Morgan fingerprint density at radius 1 is 0.283 bits per heavy atom. The standard InChI is InChI=1S/4C8H19O4P.Th/c4*1-3-5-7-11-13(9,10)12-8-6-4-2;/h4*3-8H2,1-2H3,(H,9,10);. The number of hydrogen-bond acceptors (Lipinski definition) is 12. The molecule has 0 aliphatic heterocycles. The van der Waals surface area contributed by atoms with E-state index in [2.05, 4.69) is 0 Å². The Labute approximate surface area is 354 Å². The number of phosphoric ester groups is 4. The molecule has 21 heteroatoms. The summed E-state index contributed by atoms with van der Waals surface area (Å²) in [7, 11) is -15.0. The van der Waals surface area contributed by atoms with Crippen LogP contribution in [0.15, 0.2) is 0 Å². The van der Waals surface area contributed by atoms with Crippen molar-refractivity contribution in [3.05, 3.63) is 0 Å². The van der Waals surface area contributed by atoms with Crippen molar-refractivity contribution >= 4 is 31.3 Å². The summed E-state index contributed by atoms with van der Waals surface area (Å²) in [6.45, 7) is 18.2. The van der Waals surface area contributed by atoms with Gasteiger partial charge in [-0.1, -0.05) is 107 Å². The maximum Gasteiger partial charge on any atom is 0.472 e. The maximum absolute atomic E-state index is 11.1. The number of hydrogen-bond donors (Lipinski definition) is 4. The van der Waals surface area contributed by atoms with Gasteiger partial charge in [0.2, 0.25) is 0 Å². The molecule has 0 saturated heterocycles. The molecule has 0 heterocycles. The first-order valence-electron chi connectivity index (χ1n) is 19.0. The predicted octanol–water partition coefficient (Wildman–Crippen LogP) is 10.9. The zero-order valence-corrected chi connectivity index (χ0v) is 41.6. The van der Waals surface area contributed by atoms with Gasteiger partial charge in [-0.05, 0) is 51.4 Å². The molecule has 0 rings (SSSR count). The van der Waals surface area contributed by atoms with Crippen molar-refractivity contribution in [1.82, 2.24) is 0 Å². The summed E-state index contributed by atoms with van der Waals surface area (Å²) >= 11 is 0. The molecule has 0 atom stereocenters. The van der Waals surface area contributed by atoms with Crippen LogP contribution in [0.5, 0.6) is 0 Å². The molecule has 0 aromatic heterocycles. The normalized spacial score (nSPS) is 11.7. The molecule has 0 aliphatic carbocycles. The fourth-order valence-corrected chi connectivity index (χ4v) is 5.92. The summed E-state index contributed by atoms with van der Waals surface area (Å²) in [5, 5.41) is 0. The second kappa shape index (κ2) is 44.9. The smallest absolute Gasteiger partial charge is 0.302 e. The molecule has 0 spiro atoms. The van der Waals surface area contributed by atoms with Crippen LogP contribution in [0.3, 0.4) is 0 Å². The van der Waals surface area contributed by atoms with Crippen LogP contribution in [-0.2, 0) is 54.5 Å². The summed E-state index contributed by atoms with van der Waals surface area (Å²) in [5.74, 6) is 0. The van der Waals surface area contributed by atoms with Crippen LogP contribution in [0.1, 0.15) is 158 Å². The molecule has 0 saturated carbocycles. The van der Waals surface area contributed by atoms with Crippen LogP contribution in [0.25, 0.3) is 0 Å². The van der Waals surface area contributed by atoms with Crippen LogP contribution in [0.2, 0.25) is 0 Å². The Morgan fingerprint density at radius 2 is 0.377 bits per heavy atom. The second-order valence-electron chi connectivity index (χ2n) is 11.4. The van der Waals surface area contributed by atoms with Gasteiger partial charge < -0.3 is 19.6 Å². The van der Waals surface area contributed by atoms with Crippen molar-refractivity contribution < 1.29 is 114 Å². The molecular formula is C32H76O16P4Th. The fraction of sp³-hybridized carbons (Fsp3) is 1.00. The zero-order valence-electron chi connectivity index (χ0n) is 33.9. The van der Waals surface area contributed by atoms with Crippen LogP contribution in [0, 0.1) is 39.9 Å². The van der Waals surface area contributed by atoms with Crippen LogP contribution < -0.4 is 0 Å². The van der Waals surface area contributed by atoms with E-state index in [9.17, 15) is 18.3 Å². The largest absolute Gasteiger partial charge is 0.472 e. The van der Waals surface area contributed by atoms with Gasteiger partial charge in [0.1, 0.15) is 0 Å². The third kappa shape index (κ3) is 58.2. The van der Waals surface area contributed by atoms with E-state index in [4.69, 9.17) is 55.8 Å². The molecule has 0 bridgehead atoms. The van der Waals surface area contributed by atoms with E-state index in [-0.39, 0.29) is 92.8 Å². The quantitative estimate of drug-likeness (QED) is 0.0363. The maximum atomic E-state index is 11.1. The summed E-state index contributed by atoms with van der Waals surface area (Å²) in [4.78, 5) is 36.3. The fourth-order valence-electron chi connectivity index (χ4n) is 2.74. The summed E-state index contributed by atoms with van der Waals surface area (Å²) in [6.07, 6.45) is 13.8. The van der Waals surface area contributed by atoms with Gasteiger partial charge in [-0.3, -0.25) is 36.2 Å². The van der Waals surface area contributed by atoms with Gasteiger partial charge in [-0.15, -0.1) is 0 Å². The van der Waals surface area contributed by atoms with E-state index in [0.717, 1.165) is 103 Å². The molecular weight excluding hydrogens is 996 g/mol. The Morgan fingerprint density at radius 3 is 0.453 bits per heavy atom. The molecule has 4 N–H and O–H groups in total. The van der Waals surface area contributed by atoms with Gasteiger partial charge in [0.15, 0.2) is 0 Å². The molecule has 0 aliphatic rings. The van der Waals surface area contributed by atoms with Gasteiger partial charge >= 0.3 is 31.3 Å². The SMILES string of the molecule is CCCCOP(=O)(O)OCCCC.CCCCOP(=O)(O)OCCCC.CCCCOP(=O)(O)OCCCC.CCCCOP(=O)(O)OCCCC.[Th]. The Balaban J connectivity index is -0.000000192. The third-order valence-corrected chi connectivity index (χ3v) is 10.1. The van der Waals surface area contributed by atoms with Crippen molar-refractivity contribution in [1.29, 1.82) is 0 Å². The predicted molar refractivity (Wildman–Crippen MR) is 206 cm³/mol. The molecule has 324 valence electrons. The van der Waals surface area contributed by atoms with E-state index in [1.165, 1.54) is 0 Å². The van der Waals surface area contributed by atoms with E-state index < -0.39 is 31.3 Å². The van der Waals surface area contributed by atoms with E-state index in [0.29, 0.717) is 0 Å². The van der Waals surface area contributed by atoms with Crippen LogP contribution in [0.4, 0.5) is 0 Å². The molecule has 16 nitrogen and oxygen atoms in total. The minimum atomic E-state index is -3.75. The molecule has 0 aromatic rings. The Bertz CT molecular complexity index is 736. The summed E-state index contributed by atoms with van der Waals surface area (Å²) in [5.41, 5.74) is 0. The summed E-state index contributed by atoms with van der Waals surface area (Å²) < 4.78 is 81.9. The van der Waals surface area contributed by atoms with E-state index in [1.807, 2.05) is 55.4 Å². The van der Waals surface area contributed by atoms with Crippen molar-refractivity contribution in [2.24, 2.45) is 0 Å². The number of unbranched alkanes of at least 4 members (excludes halogenated alkanes) is 8. The van der Waals surface area contributed by atoms with Crippen molar-refractivity contribution in [3.63, 3.8) is 0 Å². The first-order valence-corrected chi connectivity index (χ1v) is 24.9. The van der Waals surface area contributed by atoms with Crippen molar-refractivity contribution in [3.8, 4) is 0 Å². The van der Waals surface area contributed by atoms with Crippen LogP contribution >= 0.6 is 31.3 Å². The molecule has 53 heavy (non-hydrogen) atoms. The van der Waals surface area contributed by atoms with E-state index in [1.54, 1.807) is 0 Å². The van der Waals surface area contributed by atoms with Gasteiger partial charge in [0.05, 0.1) is 52.9 Å². The molecule has 0 aromatic carbocycles.